The third-order valence-electron chi connectivity index (χ3n) is 11.5. The molecule has 5 heteroatoms. The molecule has 1 aliphatic rings. The Morgan fingerprint density at radius 2 is 0.655 bits per heavy atom. The molecule has 1 fully saturated rings. The summed E-state index contributed by atoms with van der Waals surface area (Å²) in [5, 5.41) is 0. The molecule has 0 saturated carbocycles. The van der Waals surface area contributed by atoms with E-state index in [9.17, 15) is 0 Å². The van der Waals surface area contributed by atoms with Crippen molar-refractivity contribution in [3.8, 4) is 44.5 Å². The second-order valence-corrected chi connectivity index (χ2v) is 38.8. The van der Waals surface area contributed by atoms with Gasteiger partial charge in [-0.1, -0.05) is 0 Å². The fraction of sp³-hybridized carbons (Fsp3) is 0.280. The first kappa shape index (κ1) is 40.5. The van der Waals surface area contributed by atoms with Gasteiger partial charge < -0.3 is 0 Å². The van der Waals surface area contributed by atoms with Crippen LogP contribution in [0.3, 0.4) is 0 Å². The first-order chi connectivity index (χ1) is 26.6. The van der Waals surface area contributed by atoms with E-state index in [1.807, 2.05) is 19.7 Å². The van der Waals surface area contributed by atoms with Crippen LogP contribution in [0.25, 0.3) is 44.5 Å². The van der Waals surface area contributed by atoms with E-state index in [0.29, 0.717) is 0 Å². The Kier molecular flexibility index (Phi) is 12.5. The van der Waals surface area contributed by atoms with Crippen molar-refractivity contribution in [3.05, 3.63) is 153 Å². The zero-order valence-corrected chi connectivity index (χ0v) is 39.6. The van der Waals surface area contributed by atoms with Crippen LogP contribution >= 0.6 is 37.9 Å². The Labute approximate surface area is 347 Å². The van der Waals surface area contributed by atoms with Crippen molar-refractivity contribution in [2.45, 2.75) is 94.9 Å². The van der Waals surface area contributed by atoms with Gasteiger partial charge in [-0.3, -0.25) is 0 Å². The predicted octanol–water partition coefficient (Wildman–Crippen LogP) is 14.7. The molecule has 0 aliphatic carbocycles. The van der Waals surface area contributed by atoms with Crippen LogP contribution < -0.4 is 8.79 Å². The molecule has 0 amide bonds. The molecule has 7 rings (SSSR count). The van der Waals surface area contributed by atoms with Gasteiger partial charge in [0.25, 0.3) is 0 Å². The van der Waals surface area contributed by atoms with Crippen LogP contribution in [-0.4, -0.2) is 11.0 Å². The third-order valence-corrected chi connectivity index (χ3v) is 49.6. The fourth-order valence-electron chi connectivity index (χ4n) is 9.46. The van der Waals surface area contributed by atoms with E-state index in [2.05, 4.69) is 185 Å². The summed E-state index contributed by atoms with van der Waals surface area (Å²) in [5.74, 6) is 0. The summed E-state index contributed by atoms with van der Waals surface area (Å²) in [6.07, 6.45) is 4.03. The van der Waals surface area contributed by atoms with Crippen LogP contribution in [0.5, 0.6) is 0 Å². The van der Waals surface area contributed by atoms with Gasteiger partial charge in [-0.05, 0) is 0 Å². The second-order valence-electron chi connectivity index (χ2n) is 15.2. The summed E-state index contributed by atoms with van der Waals surface area (Å²) in [6, 6.07) is 38.4. The molecule has 1 aliphatic heterocycles. The molecule has 0 nitrogen and oxygen atoms in total. The van der Waals surface area contributed by atoms with Gasteiger partial charge in [-0.15, -0.1) is 0 Å². The molecule has 55 heavy (non-hydrogen) atoms. The monoisotopic (exact) mass is 856 g/mol. The van der Waals surface area contributed by atoms with Crippen molar-refractivity contribution in [1.82, 2.24) is 0 Å². The van der Waals surface area contributed by atoms with Crippen LogP contribution in [-0.2, 0) is 25.7 Å². The summed E-state index contributed by atoms with van der Waals surface area (Å²) < 4.78 is 3.23. The molecule has 0 atom stereocenters. The van der Waals surface area contributed by atoms with E-state index in [0.717, 1.165) is 25.7 Å². The van der Waals surface area contributed by atoms with Crippen molar-refractivity contribution < 1.29 is 0 Å². The van der Waals surface area contributed by atoms with Gasteiger partial charge in [0.2, 0.25) is 0 Å². The second kappa shape index (κ2) is 17.0. The number of rotatable bonds is 10. The molecule has 1 saturated heterocycles. The summed E-state index contributed by atoms with van der Waals surface area (Å²) in [7, 11) is 4.93. The SMILES string of the molecule is CCc1cccc(CC)c1-c1cccc(-c2c(CC)cccc2CC)[c]1[Ge]1([c]2c(-c3c(C)cc(C)cc3C)cccc2-c2c(C)cc(C)cc2C)[S]SS[S]1. The van der Waals surface area contributed by atoms with Crippen LogP contribution in [0.1, 0.15) is 83.3 Å². The van der Waals surface area contributed by atoms with E-state index in [4.69, 9.17) is 0 Å². The Bertz CT molecular complexity index is 2160. The van der Waals surface area contributed by atoms with Gasteiger partial charge in [-0.25, -0.2) is 0 Å². The van der Waals surface area contributed by atoms with Crippen molar-refractivity contribution in [2.75, 3.05) is 0 Å². The molecule has 0 N–H and O–H groups in total. The van der Waals surface area contributed by atoms with E-state index in [1.54, 1.807) is 8.79 Å². The zero-order valence-electron chi connectivity index (χ0n) is 34.2. The Morgan fingerprint density at radius 3 is 0.945 bits per heavy atom. The molecule has 0 spiro atoms. The molecule has 0 bridgehead atoms. The Hall–Kier alpha value is -2.74. The van der Waals surface area contributed by atoms with E-state index < -0.39 is 11.0 Å². The summed E-state index contributed by atoms with van der Waals surface area (Å²) in [6.45, 7) is 23.2. The fourth-order valence-corrected chi connectivity index (χ4v) is 65.5. The number of hydrogen-bond donors (Lipinski definition) is 0. The first-order valence-electron chi connectivity index (χ1n) is 19.9. The summed E-state index contributed by atoms with van der Waals surface area (Å²) in [4.78, 5) is 0. The minimum absolute atomic E-state index is 1.01. The molecule has 6 aromatic carbocycles. The van der Waals surface area contributed by atoms with Gasteiger partial charge in [-0.2, -0.15) is 0 Å². The number of hydrogen-bond acceptors (Lipinski definition) is 4. The zero-order chi connectivity index (χ0) is 39.0. The topological polar surface area (TPSA) is 0 Å². The Balaban J connectivity index is 1.75. The normalized spacial score (nSPS) is 13.8. The van der Waals surface area contributed by atoms with Crippen LogP contribution in [0.2, 0.25) is 0 Å². The molecule has 0 aromatic heterocycles. The van der Waals surface area contributed by atoms with Gasteiger partial charge in [0, 0.05) is 0 Å². The predicted molar refractivity (Wildman–Crippen MR) is 256 cm³/mol. The first-order valence-corrected chi connectivity index (χ1v) is 32.0. The molecular weight excluding hydrogens is 801 g/mol. The van der Waals surface area contributed by atoms with Crippen molar-refractivity contribution in [1.29, 1.82) is 0 Å². The van der Waals surface area contributed by atoms with Gasteiger partial charge in [0.1, 0.15) is 0 Å². The molecule has 6 aromatic rings. The number of aryl methyl sites for hydroxylation is 10. The average molecular weight is 856 g/mol. The molecule has 1 heterocycles. The quantitative estimate of drug-likeness (QED) is 0.0994. The summed E-state index contributed by atoms with van der Waals surface area (Å²) in [5.41, 5.74) is 25.4. The maximum atomic E-state index is 2.50. The van der Waals surface area contributed by atoms with Gasteiger partial charge in [0.15, 0.2) is 0 Å². The standard InChI is InChI=1S/C50H54GeS4/c1-11-37-19-15-20-38(12-2)47(37)43-25-18-26-44(48-39(13-3)21-16-22-40(48)14-4)50(43)51(52-54-55-53-51)49-41(45-33(7)27-31(5)28-34(45)8)23-17-24-42(49)46-35(9)29-32(6)30-36(46)10/h15-30H,11-14H2,1-10H3. The minimum atomic E-state index is -3.61. The summed E-state index contributed by atoms with van der Waals surface area (Å²) >= 11 is 0. The van der Waals surface area contributed by atoms with Crippen LogP contribution in [0.15, 0.2) is 97.1 Å². The van der Waals surface area contributed by atoms with E-state index in [-0.39, 0.29) is 0 Å². The van der Waals surface area contributed by atoms with E-state index >= 15 is 0 Å². The third kappa shape index (κ3) is 7.33. The Morgan fingerprint density at radius 1 is 0.382 bits per heavy atom. The van der Waals surface area contributed by atoms with Gasteiger partial charge >= 0.3 is 350 Å². The number of benzene rings is 6. The van der Waals surface area contributed by atoms with Crippen LogP contribution in [0, 0.1) is 41.5 Å². The molecular formula is C50H54GeS4. The van der Waals surface area contributed by atoms with Crippen molar-refractivity contribution >= 4 is 57.7 Å². The van der Waals surface area contributed by atoms with E-state index in [1.165, 1.54) is 100 Å². The van der Waals surface area contributed by atoms with Crippen molar-refractivity contribution in [2.24, 2.45) is 0 Å². The molecule has 0 unspecified atom stereocenters. The van der Waals surface area contributed by atoms with Crippen LogP contribution in [0.4, 0.5) is 0 Å². The molecule has 0 radical (unpaired) electrons. The average Bonchev–Trinajstić information content (AvgIpc) is 3.66. The maximum absolute atomic E-state index is 3.61. The van der Waals surface area contributed by atoms with Gasteiger partial charge in [0.05, 0.1) is 0 Å². The van der Waals surface area contributed by atoms with Crippen molar-refractivity contribution in [3.63, 3.8) is 0 Å². The molecule has 282 valence electrons.